The molecular formula is C54H58N4O7. The van der Waals surface area contributed by atoms with Gasteiger partial charge in [-0.2, -0.15) is 5.26 Å². The van der Waals surface area contributed by atoms with E-state index >= 15 is 4.79 Å². The van der Waals surface area contributed by atoms with E-state index in [9.17, 15) is 15.5 Å². The summed E-state index contributed by atoms with van der Waals surface area (Å²) in [7, 11) is 1.55. The molecular weight excluding hydrogens is 817 g/mol. The Hall–Kier alpha value is -6.32. The fourth-order valence-corrected chi connectivity index (χ4v) is 10.5. The number of ether oxygens (including phenoxy) is 3. The molecule has 2 aliphatic carbocycles. The van der Waals surface area contributed by atoms with Crippen molar-refractivity contribution in [2.24, 2.45) is 22.9 Å². The standard InChI is InChI=1S/C54H58N4O7/c1-4-29-64-54-50(58(53(61)39-23-21-37(33-55)22-24-39)34-41-17-12-16-38-14-5-6-19-44(38)41)32-48(57-62-3)46-30-40(15-7-9-27-59)45(20-8-10-28-60)51(52(46)54)47-31-43(25-26-49(47)65-54)63-35-42-18-11-13-36(2)56-42/h4-6,11-14,16-19,21-26,30-31,40,45,50-52,59-60H,1,7-10,15,20,27-29,32,34-35H2,2-3H3. The number of nitrogens with zero attached hydrogens (tertiary/aromatic N) is 4. The summed E-state index contributed by atoms with van der Waals surface area (Å²) < 4.78 is 21.2. The highest BCUT2D eigenvalue weighted by molar-refractivity contribution is 6.03. The lowest BCUT2D eigenvalue weighted by atomic mass is 9.55. The van der Waals surface area contributed by atoms with E-state index in [2.05, 4.69) is 54.0 Å². The van der Waals surface area contributed by atoms with E-state index in [0.29, 0.717) is 41.2 Å². The Morgan fingerprint density at radius 1 is 0.985 bits per heavy atom. The first-order chi connectivity index (χ1) is 31.8. The van der Waals surface area contributed by atoms with Gasteiger partial charge in [0.05, 0.1) is 35.6 Å². The Balaban J connectivity index is 1.35. The number of oxime groups is 1. The largest absolute Gasteiger partial charge is 0.487 e. The zero-order valence-electron chi connectivity index (χ0n) is 37.3. The van der Waals surface area contributed by atoms with Gasteiger partial charge < -0.3 is 34.2 Å². The molecule has 0 spiro atoms. The number of aliphatic hydroxyl groups is 2. The second-order valence-electron chi connectivity index (χ2n) is 17.3. The molecule has 6 unspecified atom stereocenters. The lowest BCUT2D eigenvalue weighted by Crippen LogP contribution is -2.70. The summed E-state index contributed by atoms with van der Waals surface area (Å²) in [5, 5.41) is 36.5. The van der Waals surface area contributed by atoms with Gasteiger partial charge in [-0.05, 0) is 121 Å². The van der Waals surface area contributed by atoms with E-state index in [0.717, 1.165) is 64.5 Å². The van der Waals surface area contributed by atoms with Crippen LogP contribution in [0.25, 0.3) is 10.8 Å². The third kappa shape index (κ3) is 9.43. The molecule has 6 atom stereocenters. The van der Waals surface area contributed by atoms with Crippen LogP contribution in [0.15, 0.2) is 133 Å². The van der Waals surface area contributed by atoms with Gasteiger partial charge in [0, 0.05) is 48.9 Å². The Labute approximate surface area is 381 Å². The van der Waals surface area contributed by atoms with Crippen molar-refractivity contribution in [3.05, 3.63) is 161 Å². The number of amides is 1. The average molecular weight is 875 g/mol. The number of nitriles is 1. The zero-order valence-corrected chi connectivity index (χ0v) is 37.3. The number of allylic oxidation sites excluding steroid dienone is 1. The fourth-order valence-electron chi connectivity index (χ4n) is 10.5. The summed E-state index contributed by atoms with van der Waals surface area (Å²) in [5.74, 6) is -1.02. The van der Waals surface area contributed by atoms with Gasteiger partial charge in [0.2, 0.25) is 5.79 Å². The minimum Gasteiger partial charge on any atom is -0.487 e. The van der Waals surface area contributed by atoms with Crippen LogP contribution in [0.5, 0.6) is 11.5 Å². The van der Waals surface area contributed by atoms with Crippen molar-refractivity contribution in [3.63, 3.8) is 0 Å². The number of hydrogen-bond acceptors (Lipinski definition) is 10. The first-order valence-corrected chi connectivity index (χ1v) is 22.8. The van der Waals surface area contributed by atoms with Crippen LogP contribution in [-0.2, 0) is 22.7 Å². The van der Waals surface area contributed by atoms with E-state index in [1.54, 1.807) is 37.5 Å². The number of pyridine rings is 1. The van der Waals surface area contributed by atoms with Crippen molar-refractivity contribution >= 4 is 22.4 Å². The molecule has 1 aromatic heterocycles. The molecule has 1 aliphatic heterocycles. The fraction of sp³-hybridized carbons (Fsp3) is 0.370. The molecule has 1 amide bonds. The molecule has 336 valence electrons. The summed E-state index contributed by atoms with van der Waals surface area (Å²) in [5.41, 5.74) is 6.15. The molecule has 1 fully saturated rings. The average Bonchev–Trinajstić information content (AvgIpc) is 3.33. The van der Waals surface area contributed by atoms with Crippen molar-refractivity contribution < 1.29 is 34.1 Å². The number of benzene rings is 4. The van der Waals surface area contributed by atoms with Gasteiger partial charge in [-0.1, -0.05) is 78.7 Å². The number of aryl methyl sites for hydroxylation is 1. The number of aromatic nitrogens is 1. The molecule has 11 nitrogen and oxygen atoms in total. The van der Waals surface area contributed by atoms with Gasteiger partial charge in [-0.25, -0.2) is 0 Å². The van der Waals surface area contributed by atoms with Gasteiger partial charge in [0.1, 0.15) is 31.3 Å². The molecule has 11 heteroatoms. The molecule has 3 aliphatic rings. The second kappa shape index (κ2) is 20.7. The molecule has 0 bridgehead atoms. The Morgan fingerprint density at radius 2 is 1.75 bits per heavy atom. The quantitative estimate of drug-likeness (QED) is 0.0471. The highest BCUT2D eigenvalue weighted by atomic mass is 16.7. The Kier molecular flexibility index (Phi) is 14.4. The van der Waals surface area contributed by atoms with Crippen molar-refractivity contribution in [1.82, 2.24) is 9.88 Å². The molecule has 2 heterocycles. The van der Waals surface area contributed by atoms with Crippen LogP contribution >= 0.6 is 0 Å². The Bertz CT molecular complexity index is 2580. The van der Waals surface area contributed by atoms with Crippen LogP contribution in [0.2, 0.25) is 0 Å². The van der Waals surface area contributed by atoms with E-state index < -0.39 is 17.7 Å². The van der Waals surface area contributed by atoms with Gasteiger partial charge in [0.15, 0.2) is 0 Å². The maximum Gasteiger partial charge on any atom is 0.254 e. The van der Waals surface area contributed by atoms with Crippen LogP contribution in [0.1, 0.15) is 89.3 Å². The lowest BCUT2D eigenvalue weighted by molar-refractivity contribution is -0.255. The molecule has 0 saturated heterocycles. The molecule has 2 N–H and O–H groups in total. The predicted molar refractivity (Wildman–Crippen MR) is 250 cm³/mol. The van der Waals surface area contributed by atoms with E-state index in [1.165, 1.54) is 0 Å². The van der Waals surface area contributed by atoms with Crippen molar-refractivity contribution in [2.75, 3.05) is 26.9 Å². The SMILES string of the molecule is C=CCOC12Oc3ccc(OCc4cccc(C)n4)cc3C3C(CCCCO)C(CCCCO)C=C(C(=NOC)CC1N(Cc1cccc4ccccc14)C(=O)c1ccc(C#N)cc1)C32. The smallest absolute Gasteiger partial charge is 0.254 e. The minimum atomic E-state index is -1.46. The first kappa shape index (κ1) is 45.3. The number of carbonyl (C=O) groups is 1. The molecule has 65 heavy (non-hydrogen) atoms. The molecule has 8 rings (SSSR count). The number of aliphatic hydroxyl groups excluding tert-OH is 2. The minimum absolute atomic E-state index is 0.0420. The van der Waals surface area contributed by atoms with Crippen LogP contribution < -0.4 is 9.47 Å². The van der Waals surface area contributed by atoms with Crippen molar-refractivity contribution in [3.8, 4) is 17.6 Å². The van der Waals surface area contributed by atoms with E-state index in [-0.39, 0.29) is 63.1 Å². The predicted octanol–water partition coefficient (Wildman–Crippen LogP) is 9.60. The second-order valence-corrected chi connectivity index (χ2v) is 17.3. The summed E-state index contributed by atoms with van der Waals surface area (Å²) in [4.78, 5) is 27.7. The van der Waals surface area contributed by atoms with Crippen LogP contribution in [0, 0.1) is 36.0 Å². The third-order valence-corrected chi connectivity index (χ3v) is 13.3. The van der Waals surface area contributed by atoms with Crippen LogP contribution in [0.3, 0.4) is 0 Å². The Morgan fingerprint density at radius 3 is 2.51 bits per heavy atom. The van der Waals surface area contributed by atoms with Crippen molar-refractivity contribution in [1.29, 1.82) is 5.26 Å². The maximum atomic E-state index is 15.5. The maximum absolute atomic E-state index is 15.5. The molecule has 4 aromatic carbocycles. The highest BCUT2D eigenvalue weighted by Crippen LogP contribution is 2.62. The summed E-state index contributed by atoms with van der Waals surface area (Å²) in [6, 6.07) is 34.3. The normalized spacial score (nSPS) is 22.5. The van der Waals surface area contributed by atoms with Gasteiger partial charge in [-0.15, -0.1) is 6.58 Å². The number of unbranched alkanes of at least 4 members (excludes halogenated alkanes) is 2. The number of hydrogen-bond donors (Lipinski definition) is 2. The van der Waals surface area contributed by atoms with Gasteiger partial charge in [0.25, 0.3) is 5.91 Å². The summed E-state index contributed by atoms with van der Waals surface area (Å²) in [6.45, 7) is 6.85. The first-order valence-electron chi connectivity index (χ1n) is 22.8. The van der Waals surface area contributed by atoms with Crippen LogP contribution in [0.4, 0.5) is 0 Å². The van der Waals surface area contributed by atoms with Crippen LogP contribution in [-0.4, -0.2) is 70.5 Å². The monoisotopic (exact) mass is 874 g/mol. The van der Waals surface area contributed by atoms with E-state index in [1.807, 2.05) is 60.4 Å². The highest BCUT2D eigenvalue weighted by Gasteiger charge is 2.65. The molecule has 1 saturated carbocycles. The summed E-state index contributed by atoms with van der Waals surface area (Å²) >= 11 is 0. The zero-order chi connectivity index (χ0) is 45.3. The molecule has 0 radical (unpaired) electrons. The third-order valence-electron chi connectivity index (χ3n) is 13.3. The number of fused-ring (bicyclic) bond motifs is 3. The summed E-state index contributed by atoms with van der Waals surface area (Å²) in [6.07, 6.45) is 8.87. The molecule has 5 aromatic rings. The number of carbonyl (C=O) groups excluding carboxylic acids is 1. The number of rotatable bonds is 19. The topological polar surface area (TPSA) is 147 Å². The lowest BCUT2D eigenvalue weighted by Gasteiger charge is -2.60. The van der Waals surface area contributed by atoms with E-state index in [4.69, 9.17) is 24.2 Å². The van der Waals surface area contributed by atoms with Gasteiger partial charge in [-0.3, -0.25) is 9.78 Å². The van der Waals surface area contributed by atoms with Gasteiger partial charge >= 0.3 is 0 Å². The van der Waals surface area contributed by atoms with Crippen molar-refractivity contribution in [2.45, 2.75) is 82.8 Å².